The van der Waals surface area contributed by atoms with Crippen molar-refractivity contribution < 1.29 is 22.7 Å². The van der Waals surface area contributed by atoms with E-state index in [1.807, 2.05) is 0 Å². The van der Waals surface area contributed by atoms with Crippen molar-refractivity contribution in [2.24, 2.45) is 0 Å². The average molecular weight is 322 g/mol. The molecule has 1 rings (SSSR count). The van der Waals surface area contributed by atoms with Crippen molar-refractivity contribution in [3.05, 3.63) is 23.8 Å². The molecule has 0 aromatic heterocycles. The highest BCUT2D eigenvalue weighted by molar-refractivity contribution is 8.13. The van der Waals surface area contributed by atoms with Gasteiger partial charge in [0.25, 0.3) is 15.0 Å². The molecule has 1 amide bonds. The van der Waals surface area contributed by atoms with E-state index in [0.717, 1.165) is 0 Å². The van der Waals surface area contributed by atoms with E-state index in [4.69, 9.17) is 20.2 Å². The van der Waals surface area contributed by atoms with E-state index in [-0.39, 0.29) is 22.1 Å². The lowest BCUT2D eigenvalue weighted by Crippen LogP contribution is -2.30. The number of carbonyl (C=O) groups is 1. The summed E-state index contributed by atoms with van der Waals surface area (Å²) in [5.41, 5.74) is 0.212. The third-order valence-electron chi connectivity index (χ3n) is 2.65. The summed E-state index contributed by atoms with van der Waals surface area (Å²) in [6.45, 7) is 0.781. The summed E-state index contributed by atoms with van der Waals surface area (Å²) in [6.07, 6.45) is 0. The van der Waals surface area contributed by atoms with Gasteiger partial charge in [0.1, 0.15) is 10.6 Å². The molecule has 1 aromatic rings. The molecule has 0 aliphatic rings. The van der Waals surface area contributed by atoms with Crippen molar-refractivity contribution in [1.82, 2.24) is 4.90 Å². The molecule has 0 radical (unpaired) electrons. The summed E-state index contributed by atoms with van der Waals surface area (Å²) in [4.78, 5) is 13.3. The Morgan fingerprint density at radius 3 is 2.50 bits per heavy atom. The van der Waals surface area contributed by atoms with Gasteiger partial charge in [-0.25, -0.2) is 8.42 Å². The van der Waals surface area contributed by atoms with Gasteiger partial charge in [-0.2, -0.15) is 0 Å². The Bertz CT molecular complexity index is 588. The second-order valence-electron chi connectivity index (χ2n) is 4.02. The summed E-state index contributed by atoms with van der Waals surface area (Å²) in [6, 6.07) is 4.08. The van der Waals surface area contributed by atoms with Crippen LogP contribution in [0.4, 0.5) is 0 Å². The molecule has 0 spiro atoms. The van der Waals surface area contributed by atoms with Gasteiger partial charge in [0, 0.05) is 36.9 Å². The maximum Gasteiger partial charge on any atom is 0.265 e. The minimum absolute atomic E-state index is 0.0936. The van der Waals surface area contributed by atoms with Gasteiger partial charge in [0.05, 0.1) is 13.7 Å². The van der Waals surface area contributed by atoms with E-state index in [2.05, 4.69) is 0 Å². The molecule has 0 fully saturated rings. The maximum absolute atomic E-state index is 12.1. The van der Waals surface area contributed by atoms with Crippen molar-refractivity contribution in [3.8, 4) is 5.75 Å². The highest BCUT2D eigenvalue weighted by atomic mass is 35.7. The molecule has 8 heteroatoms. The maximum atomic E-state index is 12.1. The number of hydrogen-bond donors (Lipinski definition) is 0. The largest absolute Gasteiger partial charge is 0.495 e. The third kappa shape index (κ3) is 4.09. The Hall–Kier alpha value is -1.31. The van der Waals surface area contributed by atoms with Crippen LogP contribution in [0, 0.1) is 0 Å². The topological polar surface area (TPSA) is 72.9 Å². The molecule has 20 heavy (non-hydrogen) atoms. The number of carbonyl (C=O) groups excluding carboxylic acids is 1. The van der Waals surface area contributed by atoms with Crippen LogP contribution in [0.1, 0.15) is 10.4 Å². The number of rotatable bonds is 6. The van der Waals surface area contributed by atoms with Crippen molar-refractivity contribution in [2.45, 2.75) is 4.90 Å². The fraction of sp³-hybridized carbons (Fsp3) is 0.417. The van der Waals surface area contributed by atoms with Crippen molar-refractivity contribution in [1.29, 1.82) is 0 Å². The van der Waals surface area contributed by atoms with Crippen LogP contribution < -0.4 is 4.74 Å². The molecule has 0 atom stereocenters. The summed E-state index contributed by atoms with van der Waals surface area (Å²) in [5.74, 6) is -0.234. The van der Waals surface area contributed by atoms with E-state index in [9.17, 15) is 13.2 Å². The number of benzene rings is 1. The fourth-order valence-electron chi connectivity index (χ4n) is 1.55. The number of likely N-dealkylation sites (N-methyl/N-ethyl adjacent to an activating group) is 1. The van der Waals surface area contributed by atoms with Crippen molar-refractivity contribution in [3.63, 3.8) is 0 Å². The van der Waals surface area contributed by atoms with E-state index in [1.165, 1.54) is 37.3 Å². The Morgan fingerprint density at radius 1 is 1.35 bits per heavy atom. The number of halogens is 1. The van der Waals surface area contributed by atoms with Crippen LogP contribution in [0.5, 0.6) is 5.75 Å². The summed E-state index contributed by atoms with van der Waals surface area (Å²) in [5, 5.41) is 0. The van der Waals surface area contributed by atoms with Crippen LogP contribution in [-0.4, -0.2) is 53.6 Å². The first-order valence-corrected chi connectivity index (χ1v) is 7.99. The molecule has 1 aromatic carbocycles. The van der Waals surface area contributed by atoms with E-state index >= 15 is 0 Å². The van der Waals surface area contributed by atoms with Crippen LogP contribution in [0.3, 0.4) is 0 Å². The minimum Gasteiger partial charge on any atom is -0.495 e. The van der Waals surface area contributed by atoms with Gasteiger partial charge in [0.2, 0.25) is 0 Å². The first-order valence-electron chi connectivity index (χ1n) is 5.68. The lowest BCUT2D eigenvalue weighted by molar-refractivity contribution is 0.0744. The molecule has 0 aliphatic carbocycles. The normalized spacial score (nSPS) is 11.2. The molecule has 0 bridgehead atoms. The van der Waals surface area contributed by atoms with Gasteiger partial charge < -0.3 is 14.4 Å². The molecule has 0 aliphatic heterocycles. The first kappa shape index (κ1) is 16.7. The Kier molecular flexibility index (Phi) is 5.79. The van der Waals surface area contributed by atoms with Gasteiger partial charge in [-0.1, -0.05) is 0 Å². The predicted octanol–water partition coefficient (Wildman–Crippen LogP) is 1.34. The zero-order chi connectivity index (χ0) is 15.3. The van der Waals surface area contributed by atoms with Crippen LogP contribution >= 0.6 is 10.7 Å². The molecular formula is C12H16ClNO5S. The molecule has 0 heterocycles. The van der Waals surface area contributed by atoms with Crippen molar-refractivity contribution in [2.75, 3.05) is 34.4 Å². The quantitative estimate of drug-likeness (QED) is 0.739. The zero-order valence-electron chi connectivity index (χ0n) is 11.4. The molecule has 112 valence electrons. The van der Waals surface area contributed by atoms with Crippen LogP contribution in [0.2, 0.25) is 0 Å². The molecule has 6 nitrogen and oxygen atoms in total. The molecule has 0 unspecified atom stereocenters. The van der Waals surface area contributed by atoms with Crippen LogP contribution in [0.25, 0.3) is 0 Å². The zero-order valence-corrected chi connectivity index (χ0v) is 13.0. The number of ether oxygens (including phenoxy) is 2. The first-order chi connectivity index (χ1) is 9.31. The van der Waals surface area contributed by atoms with Gasteiger partial charge >= 0.3 is 0 Å². The van der Waals surface area contributed by atoms with E-state index in [0.29, 0.717) is 13.2 Å². The predicted molar refractivity (Wildman–Crippen MR) is 74.9 cm³/mol. The highest BCUT2D eigenvalue weighted by Crippen LogP contribution is 2.28. The van der Waals surface area contributed by atoms with Gasteiger partial charge in [-0.05, 0) is 18.2 Å². The lowest BCUT2D eigenvalue weighted by Gasteiger charge is -2.17. The second-order valence-corrected chi connectivity index (χ2v) is 6.56. The van der Waals surface area contributed by atoms with Crippen LogP contribution in [-0.2, 0) is 13.8 Å². The standard InChI is InChI=1S/C12H16ClNO5S/c1-14(6-7-18-2)12(15)9-4-5-10(19-3)11(8-9)20(13,16)17/h4-5,8H,6-7H2,1-3H3. The Labute approximate surface area is 122 Å². The molecule has 0 N–H and O–H groups in total. The fourth-order valence-corrected chi connectivity index (χ4v) is 2.57. The number of hydrogen-bond acceptors (Lipinski definition) is 5. The summed E-state index contributed by atoms with van der Waals surface area (Å²) in [7, 11) is 5.79. The monoisotopic (exact) mass is 321 g/mol. The average Bonchev–Trinajstić information content (AvgIpc) is 2.42. The van der Waals surface area contributed by atoms with Gasteiger partial charge in [-0.3, -0.25) is 4.79 Å². The van der Waals surface area contributed by atoms with E-state index in [1.54, 1.807) is 7.05 Å². The van der Waals surface area contributed by atoms with Crippen molar-refractivity contribution >= 4 is 25.6 Å². The highest BCUT2D eigenvalue weighted by Gasteiger charge is 2.20. The molecular weight excluding hydrogens is 306 g/mol. The van der Waals surface area contributed by atoms with Gasteiger partial charge in [0.15, 0.2) is 0 Å². The lowest BCUT2D eigenvalue weighted by atomic mass is 10.2. The molecule has 0 saturated carbocycles. The SMILES string of the molecule is COCCN(C)C(=O)c1ccc(OC)c(S(=O)(=O)Cl)c1. The number of nitrogens with zero attached hydrogens (tertiary/aromatic N) is 1. The number of amides is 1. The summed E-state index contributed by atoms with van der Waals surface area (Å²) >= 11 is 0. The van der Waals surface area contributed by atoms with E-state index < -0.39 is 9.05 Å². The second kappa shape index (κ2) is 6.92. The summed E-state index contributed by atoms with van der Waals surface area (Å²) < 4.78 is 32.7. The minimum atomic E-state index is -3.99. The Morgan fingerprint density at radius 2 is 2.00 bits per heavy atom. The number of methoxy groups -OCH3 is 2. The van der Waals surface area contributed by atoms with Gasteiger partial charge in [-0.15, -0.1) is 0 Å². The molecule has 0 saturated heterocycles. The third-order valence-corrected chi connectivity index (χ3v) is 3.99. The Balaban J connectivity index is 3.12. The smallest absolute Gasteiger partial charge is 0.265 e. The van der Waals surface area contributed by atoms with Crippen LogP contribution in [0.15, 0.2) is 23.1 Å².